The molecule has 7 heteroatoms. The molecule has 1 amide bonds. The predicted molar refractivity (Wildman–Crippen MR) is 68.4 cm³/mol. The minimum Gasteiger partial charge on any atom is -0.317 e. The Labute approximate surface area is 106 Å². The van der Waals surface area contributed by atoms with Crippen molar-refractivity contribution in [1.82, 2.24) is 10.0 Å². The van der Waals surface area contributed by atoms with Gasteiger partial charge in [0.25, 0.3) is 0 Å². The second-order valence-electron chi connectivity index (χ2n) is 4.53. The summed E-state index contributed by atoms with van der Waals surface area (Å²) < 4.78 is 25.2. The lowest BCUT2D eigenvalue weighted by Gasteiger charge is -2.21. The molecular weight excluding hydrogens is 260 g/mol. The average molecular weight is 278 g/mol. The Hall–Kier alpha value is -0.270. The van der Waals surface area contributed by atoms with E-state index in [2.05, 4.69) is 10.0 Å². The van der Waals surface area contributed by atoms with E-state index in [0.717, 1.165) is 25.9 Å². The normalized spacial score (nSPS) is 22.4. The maximum atomic E-state index is 11.5. The van der Waals surface area contributed by atoms with Gasteiger partial charge in [-0.25, -0.2) is 8.42 Å². The number of rotatable bonds is 5. The summed E-state index contributed by atoms with van der Waals surface area (Å²) >= 11 is 1.56. The Balaban J connectivity index is 1.70. The van der Waals surface area contributed by atoms with Gasteiger partial charge in [-0.2, -0.15) is 0 Å². The van der Waals surface area contributed by atoms with Crippen LogP contribution in [0.2, 0.25) is 0 Å². The molecule has 0 aromatic rings. The number of piperidine rings is 1. The topological polar surface area (TPSA) is 75.3 Å². The largest absolute Gasteiger partial charge is 0.317 e. The summed E-state index contributed by atoms with van der Waals surface area (Å²) in [6, 6.07) is 0. The Bertz CT molecular complexity index is 373. The molecular formula is C10H18N2O3S2. The van der Waals surface area contributed by atoms with Crippen LogP contribution >= 0.6 is 11.8 Å². The van der Waals surface area contributed by atoms with E-state index in [9.17, 15) is 13.2 Å². The maximum absolute atomic E-state index is 11.5. The second kappa shape index (κ2) is 5.58. The highest BCUT2D eigenvalue weighted by Crippen LogP contribution is 2.27. The highest BCUT2D eigenvalue weighted by molar-refractivity contribution is 8.00. The van der Waals surface area contributed by atoms with E-state index in [1.54, 1.807) is 11.8 Å². The third-order valence-electron chi connectivity index (χ3n) is 2.96. The monoisotopic (exact) mass is 278 g/mol. The third-order valence-corrected chi connectivity index (χ3v) is 6.19. The van der Waals surface area contributed by atoms with Gasteiger partial charge in [-0.1, -0.05) is 0 Å². The summed E-state index contributed by atoms with van der Waals surface area (Å²) in [5.41, 5.74) is 0. The summed E-state index contributed by atoms with van der Waals surface area (Å²) in [6.07, 6.45) is 3.47. The molecule has 5 nitrogen and oxygen atoms in total. The van der Waals surface area contributed by atoms with Gasteiger partial charge in [-0.15, -0.1) is 11.8 Å². The number of carbonyl (C=O) groups is 1. The van der Waals surface area contributed by atoms with E-state index < -0.39 is 10.0 Å². The van der Waals surface area contributed by atoms with Crippen molar-refractivity contribution < 1.29 is 13.2 Å². The highest BCUT2D eigenvalue weighted by Gasteiger charge is 2.36. The predicted octanol–water partition coefficient (Wildman–Crippen LogP) is 0.0800. The van der Waals surface area contributed by atoms with E-state index in [4.69, 9.17) is 0 Å². The van der Waals surface area contributed by atoms with Crippen LogP contribution in [0.4, 0.5) is 0 Å². The summed E-state index contributed by atoms with van der Waals surface area (Å²) in [5, 5.41) is 3.41. The molecule has 0 aromatic carbocycles. The molecule has 1 aliphatic heterocycles. The standard InChI is InChI=1S/C10H18N2O3S2/c13-10(12-17(14,15)9-1-2-9)7-16-8-3-5-11-6-4-8/h8-9,11H,1-7H2,(H,12,13). The first-order chi connectivity index (χ1) is 8.08. The van der Waals surface area contributed by atoms with Crippen LogP contribution in [0.3, 0.4) is 0 Å². The summed E-state index contributed by atoms with van der Waals surface area (Å²) in [4.78, 5) is 11.5. The van der Waals surface area contributed by atoms with Crippen LogP contribution in [0.25, 0.3) is 0 Å². The lowest BCUT2D eigenvalue weighted by molar-refractivity contribution is -0.116. The fourth-order valence-corrected chi connectivity index (χ4v) is 4.24. The SMILES string of the molecule is O=C(CSC1CCNCC1)NS(=O)(=O)C1CC1. The number of hydrogen-bond acceptors (Lipinski definition) is 5. The van der Waals surface area contributed by atoms with Gasteiger partial charge >= 0.3 is 0 Å². The molecule has 0 aromatic heterocycles. The first kappa shape index (κ1) is 13.2. The van der Waals surface area contributed by atoms with Crippen LogP contribution in [0, 0.1) is 0 Å². The van der Waals surface area contributed by atoms with Gasteiger partial charge in [-0.05, 0) is 38.8 Å². The Morgan fingerprint density at radius 3 is 2.47 bits per heavy atom. The fourth-order valence-electron chi connectivity index (χ4n) is 1.81. The lowest BCUT2D eigenvalue weighted by atomic mass is 10.2. The number of thioether (sulfide) groups is 1. The van der Waals surface area contributed by atoms with Crippen LogP contribution < -0.4 is 10.0 Å². The highest BCUT2D eigenvalue weighted by atomic mass is 32.2. The first-order valence-electron chi connectivity index (χ1n) is 5.95. The van der Waals surface area contributed by atoms with Crippen molar-refractivity contribution in [3.05, 3.63) is 0 Å². The van der Waals surface area contributed by atoms with Gasteiger partial charge in [-0.3, -0.25) is 9.52 Å². The summed E-state index contributed by atoms with van der Waals surface area (Å²) in [7, 11) is -3.36. The zero-order chi connectivity index (χ0) is 12.3. The van der Waals surface area contributed by atoms with Crippen LogP contribution in [0.1, 0.15) is 25.7 Å². The fraction of sp³-hybridized carbons (Fsp3) is 0.900. The molecule has 1 aliphatic carbocycles. The van der Waals surface area contributed by atoms with Gasteiger partial charge in [0.1, 0.15) is 0 Å². The number of hydrogen-bond donors (Lipinski definition) is 2. The van der Waals surface area contributed by atoms with Crippen molar-refractivity contribution in [3.8, 4) is 0 Å². The molecule has 17 heavy (non-hydrogen) atoms. The van der Waals surface area contributed by atoms with E-state index in [0.29, 0.717) is 18.1 Å². The molecule has 0 atom stereocenters. The Morgan fingerprint density at radius 1 is 1.24 bits per heavy atom. The lowest BCUT2D eigenvalue weighted by Crippen LogP contribution is -2.35. The third kappa shape index (κ3) is 4.15. The smallest absolute Gasteiger partial charge is 0.243 e. The minimum absolute atomic E-state index is 0.247. The number of carbonyl (C=O) groups excluding carboxylic acids is 1. The number of sulfonamides is 1. The molecule has 0 bridgehead atoms. The Morgan fingerprint density at radius 2 is 1.88 bits per heavy atom. The number of amides is 1. The van der Waals surface area contributed by atoms with E-state index in [1.165, 1.54) is 0 Å². The van der Waals surface area contributed by atoms with Crippen molar-refractivity contribution in [1.29, 1.82) is 0 Å². The molecule has 0 spiro atoms. The molecule has 0 unspecified atom stereocenters. The molecule has 2 N–H and O–H groups in total. The average Bonchev–Trinajstić information content (AvgIpc) is 3.11. The van der Waals surface area contributed by atoms with Crippen molar-refractivity contribution >= 4 is 27.7 Å². The van der Waals surface area contributed by atoms with Gasteiger partial charge in [0.15, 0.2) is 0 Å². The molecule has 2 aliphatic rings. The number of nitrogens with one attached hydrogen (secondary N) is 2. The molecule has 0 radical (unpaired) electrons. The summed E-state index contributed by atoms with van der Waals surface area (Å²) in [5.74, 6) is -0.128. The Kier molecular flexibility index (Phi) is 4.32. The quantitative estimate of drug-likeness (QED) is 0.745. The van der Waals surface area contributed by atoms with Crippen molar-refractivity contribution in [2.45, 2.75) is 36.2 Å². The molecule has 2 fully saturated rings. The van der Waals surface area contributed by atoms with E-state index in [-0.39, 0.29) is 16.9 Å². The van der Waals surface area contributed by atoms with E-state index >= 15 is 0 Å². The molecule has 1 heterocycles. The molecule has 1 saturated heterocycles. The van der Waals surface area contributed by atoms with Gasteiger partial charge in [0.2, 0.25) is 15.9 Å². The second-order valence-corrected chi connectivity index (χ2v) is 7.78. The summed E-state index contributed by atoms with van der Waals surface area (Å²) in [6.45, 7) is 1.97. The molecule has 1 saturated carbocycles. The van der Waals surface area contributed by atoms with Crippen LogP contribution in [0.15, 0.2) is 0 Å². The van der Waals surface area contributed by atoms with E-state index in [1.807, 2.05) is 0 Å². The zero-order valence-corrected chi connectivity index (χ0v) is 11.3. The van der Waals surface area contributed by atoms with Crippen LogP contribution in [-0.2, 0) is 14.8 Å². The van der Waals surface area contributed by atoms with Crippen molar-refractivity contribution in [2.24, 2.45) is 0 Å². The van der Waals surface area contributed by atoms with Gasteiger partial charge in [0, 0.05) is 5.25 Å². The minimum atomic E-state index is -3.36. The van der Waals surface area contributed by atoms with Crippen molar-refractivity contribution in [3.63, 3.8) is 0 Å². The van der Waals surface area contributed by atoms with Gasteiger partial charge < -0.3 is 5.32 Å². The zero-order valence-electron chi connectivity index (χ0n) is 9.65. The van der Waals surface area contributed by atoms with Crippen molar-refractivity contribution in [2.75, 3.05) is 18.8 Å². The van der Waals surface area contributed by atoms with Crippen LogP contribution in [-0.4, -0.2) is 43.7 Å². The van der Waals surface area contributed by atoms with Crippen LogP contribution in [0.5, 0.6) is 0 Å². The molecule has 2 rings (SSSR count). The van der Waals surface area contributed by atoms with Gasteiger partial charge in [0.05, 0.1) is 11.0 Å². The first-order valence-corrected chi connectivity index (χ1v) is 8.54. The molecule has 98 valence electrons. The maximum Gasteiger partial charge on any atom is 0.243 e.